The Morgan fingerprint density at radius 2 is 1.85 bits per heavy atom. The van der Waals surface area contributed by atoms with Crippen molar-refractivity contribution in [2.75, 3.05) is 50.1 Å². The Morgan fingerprint density at radius 1 is 1.15 bits per heavy atom. The molecule has 224 valence electrons. The average Bonchev–Trinajstić information content (AvgIpc) is 3.32. The van der Waals surface area contributed by atoms with E-state index in [-0.39, 0.29) is 44.2 Å². The summed E-state index contributed by atoms with van der Waals surface area (Å²) in [4.78, 5) is 11.0. The number of rotatable bonds is 9. The van der Waals surface area contributed by atoms with Crippen LogP contribution in [0.4, 0.5) is 20.5 Å². The van der Waals surface area contributed by atoms with Gasteiger partial charge in [-0.25, -0.2) is 22.9 Å². The van der Waals surface area contributed by atoms with Gasteiger partial charge < -0.3 is 20.1 Å². The number of hydrogen-bond donors (Lipinski definition) is 2. The van der Waals surface area contributed by atoms with E-state index in [1.807, 2.05) is 28.5 Å². The SMILES string of the molecule is COC[C@H](C)Nc1ncc2c(-c3ccnc(N4CCN(S(=O)(=O)C(C)(F)F)CC4)c3)cc(C3CCC(O)CC3)n2n1. The highest BCUT2D eigenvalue weighted by molar-refractivity contribution is 7.90. The second-order valence-electron chi connectivity index (χ2n) is 11.0. The maximum Gasteiger partial charge on any atom is 0.356 e. The normalized spacial score (nSPS) is 21.8. The molecule has 0 amide bonds. The first-order chi connectivity index (χ1) is 19.5. The number of anilines is 2. The number of aliphatic hydroxyl groups is 1. The predicted molar refractivity (Wildman–Crippen MR) is 152 cm³/mol. The van der Waals surface area contributed by atoms with Crippen molar-refractivity contribution < 1.29 is 27.0 Å². The van der Waals surface area contributed by atoms with E-state index in [1.54, 1.807) is 19.5 Å². The summed E-state index contributed by atoms with van der Waals surface area (Å²) in [5.74, 6) is 1.35. The molecule has 3 aromatic heterocycles. The molecular formula is C27H37F2N7O4S. The van der Waals surface area contributed by atoms with Crippen LogP contribution in [0.25, 0.3) is 16.6 Å². The van der Waals surface area contributed by atoms with Crippen molar-refractivity contribution in [2.24, 2.45) is 0 Å². The third-order valence-corrected chi connectivity index (χ3v) is 9.81. The molecular weight excluding hydrogens is 556 g/mol. The number of aliphatic hydroxyl groups excluding tert-OH is 1. The summed E-state index contributed by atoms with van der Waals surface area (Å²) in [6, 6.07) is 5.97. The van der Waals surface area contributed by atoms with Crippen molar-refractivity contribution in [3.05, 3.63) is 36.3 Å². The number of halogens is 2. The standard InChI is InChI=1S/C27H37F2N7O4S/c1-18(17-40-3)32-26-31-16-24-22(15-23(36(24)33-26)19-4-6-21(37)7-5-19)20-8-9-30-25(14-20)34-10-12-35(13-11-34)41(38,39)27(2,28)29/h8-9,14-16,18-19,21,37H,4-7,10-13,17H2,1-3H3,(H,32,33)/t18-,19?,21?/m0/s1. The molecule has 1 atom stereocenters. The molecule has 3 aromatic rings. The smallest absolute Gasteiger partial charge is 0.356 e. The van der Waals surface area contributed by atoms with E-state index in [2.05, 4.69) is 21.4 Å². The van der Waals surface area contributed by atoms with Crippen LogP contribution in [0.2, 0.25) is 0 Å². The van der Waals surface area contributed by atoms with Gasteiger partial charge in [-0.2, -0.15) is 13.1 Å². The number of nitrogens with zero attached hydrogens (tertiary/aromatic N) is 6. The number of piperazine rings is 1. The van der Waals surface area contributed by atoms with Gasteiger partial charge in [0.05, 0.1) is 24.4 Å². The zero-order valence-electron chi connectivity index (χ0n) is 23.5. The van der Waals surface area contributed by atoms with Gasteiger partial charge in [0, 0.05) is 69.6 Å². The third-order valence-electron chi connectivity index (χ3n) is 7.86. The summed E-state index contributed by atoms with van der Waals surface area (Å²) in [6.45, 7) is 3.31. The number of ether oxygens (including phenoxy) is 1. The minimum Gasteiger partial charge on any atom is -0.393 e. The molecule has 41 heavy (non-hydrogen) atoms. The highest BCUT2D eigenvalue weighted by atomic mass is 32.2. The van der Waals surface area contributed by atoms with E-state index in [1.165, 1.54) is 0 Å². The summed E-state index contributed by atoms with van der Waals surface area (Å²) < 4.78 is 59.7. The second-order valence-corrected chi connectivity index (χ2v) is 13.2. The molecule has 0 unspecified atom stereocenters. The van der Waals surface area contributed by atoms with Gasteiger partial charge in [0.1, 0.15) is 5.82 Å². The number of alkyl halides is 2. The largest absolute Gasteiger partial charge is 0.393 e. The fraction of sp³-hybridized carbons (Fsp3) is 0.593. The van der Waals surface area contributed by atoms with Crippen LogP contribution in [0.3, 0.4) is 0 Å². The van der Waals surface area contributed by atoms with Gasteiger partial charge in [-0.15, -0.1) is 5.10 Å². The summed E-state index contributed by atoms with van der Waals surface area (Å²) in [6.07, 6.45) is 6.38. The van der Waals surface area contributed by atoms with Gasteiger partial charge in [-0.1, -0.05) is 0 Å². The number of pyridine rings is 1. The molecule has 0 spiro atoms. The maximum absolute atomic E-state index is 13.7. The first-order valence-corrected chi connectivity index (χ1v) is 15.3. The fourth-order valence-electron chi connectivity index (χ4n) is 5.63. The van der Waals surface area contributed by atoms with Crippen LogP contribution < -0.4 is 10.2 Å². The first kappa shape index (κ1) is 29.5. The van der Waals surface area contributed by atoms with E-state index in [4.69, 9.17) is 9.84 Å². The van der Waals surface area contributed by atoms with Crippen LogP contribution in [0.1, 0.15) is 51.1 Å². The zero-order chi connectivity index (χ0) is 29.4. The Bertz CT molecular complexity index is 1460. The molecule has 1 saturated heterocycles. The summed E-state index contributed by atoms with van der Waals surface area (Å²) >= 11 is 0. The van der Waals surface area contributed by atoms with Crippen LogP contribution >= 0.6 is 0 Å². The summed E-state index contributed by atoms with van der Waals surface area (Å²) in [5.41, 5.74) is 3.69. The van der Waals surface area contributed by atoms with Crippen molar-refractivity contribution in [1.82, 2.24) is 23.9 Å². The molecule has 0 radical (unpaired) electrons. The number of sulfonamides is 1. The van der Waals surface area contributed by atoms with Crippen LogP contribution in [0.15, 0.2) is 30.6 Å². The lowest BCUT2D eigenvalue weighted by atomic mass is 9.85. The Morgan fingerprint density at radius 3 is 2.51 bits per heavy atom. The Hall–Kier alpha value is -2.94. The van der Waals surface area contributed by atoms with Crippen molar-refractivity contribution >= 4 is 27.3 Å². The molecule has 1 aliphatic carbocycles. The lowest BCUT2D eigenvalue weighted by molar-refractivity contribution is 0.104. The maximum atomic E-state index is 13.7. The van der Waals surface area contributed by atoms with Gasteiger partial charge in [0.2, 0.25) is 5.95 Å². The van der Waals surface area contributed by atoms with Gasteiger partial charge in [-0.3, -0.25) is 0 Å². The van der Waals surface area contributed by atoms with E-state index in [9.17, 15) is 22.3 Å². The minimum atomic E-state index is -4.70. The van der Waals surface area contributed by atoms with Crippen molar-refractivity contribution in [3.63, 3.8) is 0 Å². The van der Waals surface area contributed by atoms with Gasteiger partial charge in [0.15, 0.2) is 0 Å². The van der Waals surface area contributed by atoms with E-state index >= 15 is 0 Å². The molecule has 2 aliphatic rings. The molecule has 14 heteroatoms. The Kier molecular flexibility index (Phi) is 8.46. The van der Waals surface area contributed by atoms with E-state index in [0.29, 0.717) is 25.3 Å². The second kappa shape index (κ2) is 11.7. The molecule has 0 aromatic carbocycles. The summed E-state index contributed by atoms with van der Waals surface area (Å²) in [5, 5.41) is 14.4. The molecule has 1 saturated carbocycles. The Balaban J connectivity index is 1.44. The molecule has 2 N–H and O–H groups in total. The lowest BCUT2D eigenvalue weighted by Crippen LogP contribution is -2.52. The van der Waals surface area contributed by atoms with E-state index in [0.717, 1.165) is 52.3 Å². The number of nitrogens with one attached hydrogen (secondary N) is 1. The molecule has 5 rings (SSSR count). The quantitative estimate of drug-likeness (QED) is 0.384. The fourth-order valence-corrected chi connectivity index (χ4v) is 6.73. The van der Waals surface area contributed by atoms with Crippen molar-refractivity contribution in [1.29, 1.82) is 0 Å². The number of hydrogen-bond acceptors (Lipinski definition) is 9. The molecule has 0 bridgehead atoms. The number of methoxy groups -OCH3 is 1. The first-order valence-electron chi connectivity index (χ1n) is 13.9. The van der Waals surface area contributed by atoms with Crippen LogP contribution in [-0.2, 0) is 14.8 Å². The third kappa shape index (κ3) is 6.15. The van der Waals surface area contributed by atoms with Gasteiger partial charge in [0.25, 0.3) is 10.0 Å². The molecule has 4 heterocycles. The highest BCUT2D eigenvalue weighted by Crippen LogP contribution is 2.38. The van der Waals surface area contributed by atoms with Gasteiger partial charge >= 0.3 is 5.25 Å². The molecule has 11 nitrogen and oxygen atoms in total. The number of fused-ring (bicyclic) bond motifs is 1. The highest BCUT2D eigenvalue weighted by Gasteiger charge is 2.45. The van der Waals surface area contributed by atoms with Gasteiger partial charge in [-0.05, 0) is 56.4 Å². The molecule has 1 aliphatic heterocycles. The van der Waals surface area contributed by atoms with Crippen LogP contribution in [0, 0.1) is 0 Å². The Labute approximate surface area is 238 Å². The topological polar surface area (TPSA) is 125 Å². The monoisotopic (exact) mass is 593 g/mol. The minimum absolute atomic E-state index is 0.0162. The number of aromatic nitrogens is 4. The van der Waals surface area contributed by atoms with Crippen molar-refractivity contribution in [3.8, 4) is 11.1 Å². The average molecular weight is 594 g/mol. The van der Waals surface area contributed by atoms with E-state index < -0.39 is 15.3 Å². The lowest BCUT2D eigenvalue weighted by Gasteiger charge is -2.35. The van der Waals surface area contributed by atoms with Crippen LogP contribution in [0.5, 0.6) is 0 Å². The predicted octanol–water partition coefficient (Wildman–Crippen LogP) is 3.32. The van der Waals surface area contributed by atoms with Crippen molar-refractivity contribution in [2.45, 2.75) is 62.8 Å². The zero-order valence-corrected chi connectivity index (χ0v) is 24.3. The van der Waals surface area contributed by atoms with Crippen LogP contribution in [-0.4, -0.2) is 94.7 Å². The summed E-state index contributed by atoms with van der Waals surface area (Å²) in [7, 11) is -3.05. The molecule has 2 fully saturated rings.